The number of benzene rings is 1. The maximum atomic E-state index is 13.3. The Hall–Kier alpha value is -1.75. The standard InChI is InChI=1S/C16H20N4O4S2/c1-19-7-6-18-16(19)14-11-17-5-8-20(14)26(23,24)13-3-2-12-4-9-25(21,22)15(12)10-13/h2-3,6-7,10,14,17H,4-5,8-9,11H2,1H3. The summed E-state index contributed by atoms with van der Waals surface area (Å²) in [7, 11) is -5.42. The molecule has 140 valence electrons. The van der Waals surface area contributed by atoms with Gasteiger partial charge in [0.25, 0.3) is 0 Å². The third kappa shape index (κ3) is 2.77. The molecule has 1 atom stereocenters. The molecule has 2 aromatic rings. The van der Waals surface area contributed by atoms with Crippen LogP contribution in [0.4, 0.5) is 0 Å². The maximum absolute atomic E-state index is 13.3. The minimum absolute atomic E-state index is 0.0165. The van der Waals surface area contributed by atoms with Crippen molar-refractivity contribution in [1.29, 1.82) is 0 Å². The summed E-state index contributed by atoms with van der Waals surface area (Å²) in [6, 6.07) is 3.99. The zero-order valence-corrected chi connectivity index (χ0v) is 15.9. The number of rotatable bonds is 3. The Morgan fingerprint density at radius 3 is 2.85 bits per heavy atom. The van der Waals surface area contributed by atoms with Crippen molar-refractivity contribution in [3.63, 3.8) is 0 Å². The van der Waals surface area contributed by atoms with E-state index in [9.17, 15) is 16.8 Å². The Labute approximate surface area is 152 Å². The monoisotopic (exact) mass is 396 g/mol. The van der Waals surface area contributed by atoms with Gasteiger partial charge in [0.15, 0.2) is 9.84 Å². The number of sulfonamides is 1. The second-order valence-corrected chi connectivity index (χ2v) is 10.5. The summed E-state index contributed by atoms with van der Waals surface area (Å²) in [6.45, 7) is 1.28. The molecule has 26 heavy (non-hydrogen) atoms. The van der Waals surface area contributed by atoms with Crippen LogP contribution in [-0.4, -0.2) is 56.1 Å². The molecule has 1 fully saturated rings. The van der Waals surface area contributed by atoms with E-state index < -0.39 is 25.9 Å². The van der Waals surface area contributed by atoms with E-state index in [-0.39, 0.29) is 15.5 Å². The Balaban J connectivity index is 1.77. The van der Waals surface area contributed by atoms with Crippen LogP contribution < -0.4 is 5.32 Å². The lowest BCUT2D eigenvalue weighted by molar-refractivity contribution is 0.258. The van der Waals surface area contributed by atoms with Crippen LogP contribution in [0.2, 0.25) is 0 Å². The number of sulfone groups is 1. The second-order valence-electron chi connectivity index (χ2n) is 6.57. The molecule has 8 nitrogen and oxygen atoms in total. The highest BCUT2D eigenvalue weighted by atomic mass is 32.2. The molecule has 0 spiro atoms. The molecular weight excluding hydrogens is 376 g/mol. The van der Waals surface area contributed by atoms with Gasteiger partial charge in [-0.3, -0.25) is 0 Å². The van der Waals surface area contributed by atoms with Crippen molar-refractivity contribution in [3.8, 4) is 0 Å². The molecule has 1 saturated heterocycles. The van der Waals surface area contributed by atoms with Crippen LogP contribution >= 0.6 is 0 Å². The Bertz CT molecular complexity index is 1060. The Kier molecular flexibility index (Phi) is 4.18. The summed E-state index contributed by atoms with van der Waals surface area (Å²) in [4.78, 5) is 4.46. The predicted octanol–water partition coefficient (Wildman–Crippen LogP) is 0.0851. The fourth-order valence-electron chi connectivity index (χ4n) is 3.57. The van der Waals surface area contributed by atoms with Gasteiger partial charge in [-0.25, -0.2) is 21.8 Å². The van der Waals surface area contributed by atoms with Crippen molar-refractivity contribution in [2.45, 2.75) is 22.3 Å². The first-order valence-electron chi connectivity index (χ1n) is 8.36. The number of nitrogens with zero attached hydrogens (tertiary/aromatic N) is 3. The molecule has 0 saturated carbocycles. The molecule has 1 unspecified atom stereocenters. The highest BCUT2D eigenvalue weighted by molar-refractivity contribution is 7.92. The van der Waals surface area contributed by atoms with Crippen molar-refractivity contribution >= 4 is 19.9 Å². The van der Waals surface area contributed by atoms with Gasteiger partial charge in [-0.15, -0.1) is 0 Å². The van der Waals surface area contributed by atoms with Crippen molar-refractivity contribution in [2.24, 2.45) is 7.05 Å². The van der Waals surface area contributed by atoms with Gasteiger partial charge in [0.1, 0.15) is 5.82 Å². The quantitative estimate of drug-likeness (QED) is 0.789. The van der Waals surface area contributed by atoms with E-state index in [1.54, 1.807) is 23.0 Å². The molecule has 0 aliphatic carbocycles. The molecule has 0 bridgehead atoms. The summed E-state index contributed by atoms with van der Waals surface area (Å²) in [5.74, 6) is 0.685. The van der Waals surface area contributed by atoms with Crippen molar-refractivity contribution in [1.82, 2.24) is 19.2 Å². The average molecular weight is 396 g/mol. The molecule has 10 heteroatoms. The number of hydrogen-bond acceptors (Lipinski definition) is 6. The first kappa shape index (κ1) is 17.7. The lowest BCUT2D eigenvalue weighted by Crippen LogP contribution is -2.49. The number of hydrogen-bond donors (Lipinski definition) is 1. The summed E-state index contributed by atoms with van der Waals surface area (Å²) in [5.41, 5.74) is 0.685. The molecular formula is C16H20N4O4S2. The maximum Gasteiger partial charge on any atom is 0.243 e. The smallest absolute Gasteiger partial charge is 0.243 e. The first-order chi connectivity index (χ1) is 12.3. The van der Waals surface area contributed by atoms with Gasteiger partial charge in [-0.1, -0.05) is 6.07 Å². The van der Waals surface area contributed by atoms with Crippen LogP contribution in [0.3, 0.4) is 0 Å². The van der Waals surface area contributed by atoms with Crippen LogP contribution in [-0.2, 0) is 33.3 Å². The van der Waals surface area contributed by atoms with Crippen molar-refractivity contribution in [3.05, 3.63) is 42.0 Å². The van der Waals surface area contributed by atoms with E-state index in [1.165, 1.54) is 16.4 Å². The SMILES string of the molecule is Cn1ccnc1C1CNCCN1S(=O)(=O)c1ccc2c(c1)S(=O)(=O)CC2. The average Bonchev–Trinajstić information content (AvgIpc) is 3.18. The fourth-order valence-corrected chi connectivity index (χ4v) is 6.85. The Morgan fingerprint density at radius 2 is 2.12 bits per heavy atom. The van der Waals surface area contributed by atoms with Crippen LogP contribution in [0.1, 0.15) is 17.4 Å². The van der Waals surface area contributed by atoms with E-state index in [2.05, 4.69) is 10.3 Å². The summed E-state index contributed by atoms with van der Waals surface area (Å²) < 4.78 is 54.1. The minimum Gasteiger partial charge on any atom is -0.337 e. The van der Waals surface area contributed by atoms with E-state index in [0.29, 0.717) is 37.4 Å². The molecule has 1 N–H and O–H groups in total. The number of aromatic nitrogens is 2. The molecule has 1 aromatic carbocycles. The lowest BCUT2D eigenvalue weighted by atomic mass is 10.2. The van der Waals surface area contributed by atoms with Gasteiger partial charge in [-0.2, -0.15) is 4.31 Å². The molecule has 0 amide bonds. The normalized spacial score (nSPS) is 23.0. The minimum atomic E-state index is -3.85. The molecule has 2 aliphatic heterocycles. The molecule has 4 rings (SSSR count). The number of imidazole rings is 1. The summed E-state index contributed by atoms with van der Waals surface area (Å²) in [6.07, 6.45) is 3.84. The topological polar surface area (TPSA) is 101 Å². The molecule has 2 aliphatic rings. The number of fused-ring (bicyclic) bond motifs is 1. The lowest BCUT2D eigenvalue weighted by Gasteiger charge is -2.34. The van der Waals surface area contributed by atoms with E-state index >= 15 is 0 Å². The van der Waals surface area contributed by atoms with Crippen LogP contribution in [0.25, 0.3) is 0 Å². The third-order valence-electron chi connectivity index (χ3n) is 4.97. The largest absolute Gasteiger partial charge is 0.337 e. The molecule has 3 heterocycles. The van der Waals surface area contributed by atoms with Crippen LogP contribution in [0.5, 0.6) is 0 Å². The van der Waals surface area contributed by atoms with Gasteiger partial charge in [-0.05, 0) is 24.1 Å². The van der Waals surface area contributed by atoms with E-state index in [1.807, 2.05) is 7.05 Å². The van der Waals surface area contributed by atoms with Crippen molar-refractivity contribution in [2.75, 3.05) is 25.4 Å². The Morgan fingerprint density at radius 1 is 1.31 bits per heavy atom. The molecule has 1 aromatic heterocycles. The fraction of sp³-hybridized carbons (Fsp3) is 0.438. The predicted molar refractivity (Wildman–Crippen MR) is 94.9 cm³/mol. The van der Waals surface area contributed by atoms with Crippen LogP contribution in [0.15, 0.2) is 40.4 Å². The molecule has 0 radical (unpaired) electrons. The van der Waals surface area contributed by atoms with Gasteiger partial charge in [0, 0.05) is 39.1 Å². The zero-order chi connectivity index (χ0) is 18.5. The summed E-state index contributed by atoms with van der Waals surface area (Å²) >= 11 is 0. The van der Waals surface area contributed by atoms with Gasteiger partial charge in [0.05, 0.1) is 21.6 Å². The van der Waals surface area contributed by atoms with E-state index in [4.69, 9.17) is 0 Å². The van der Waals surface area contributed by atoms with E-state index in [0.717, 1.165) is 0 Å². The highest BCUT2D eigenvalue weighted by Gasteiger charge is 2.37. The number of aryl methyl sites for hydroxylation is 2. The number of piperazine rings is 1. The second kappa shape index (κ2) is 6.15. The van der Waals surface area contributed by atoms with Crippen LogP contribution in [0, 0.1) is 0 Å². The highest BCUT2D eigenvalue weighted by Crippen LogP contribution is 2.32. The zero-order valence-electron chi connectivity index (χ0n) is 14.3. The van der Waals surface area contributed by atoms with Crippen molar-refractivity contribution < 1.29 is 16.8 Å². The van der Waals surface area contributed by atoms with Gasteiger partial charge >= 0.3 is 0 Å². The first-order valence-corrected chi connectivity index (χ1v) is 11.5. The third-order valence-corrected chi connectivity index (χ3v) is 8.67. The number of nitrogens with one attached hydrogen (secondary N) is 1. The van der Waals surface area contributed by atoms with Gasteiger partial charge < -0.3 is 9.88 Å². The van der Waals surface area contributed by atoms with Gasteiger partial charge in [0.2, 0.25) is 10.0 Å². The summed E-state index contributed by atoms with van der Waals surface area (Å²) in [5, 5.41) is 3.20.